The molecule has 0 bridgehead atoms. The third kappa shape index (κ3) is 4.03. The van der Waals surface area contributed by atoms with Crippen LogP contribution in [0.4, 0.5) is 5.69 Å². The van der Waals surface area contributed by atoms with Gasteiger partial charge in [0.05, 0.1) is 29.7 Å². The number of benzene rings is 2. The van der Waals surface area contributed by atoms with Gasteiger partial charge in [0, 0.05) is 55.0 Å². The molecule has 1 saturated heterocycles. The Morgan fingerprint density at radius 1 is 1.14 bits per heavy atom. The molecule has 188 valence electrons. The van der Waals surface area contributed by atoms with Gasteiger partial charge in [-0.05, 0) is 44.0 Å². The van der Waals surface area contributed by atoms with Crippen molar-refractivity contribution in [3.63, 3.8) is 0 Å². The Bertz CT molecular complexity index is 1630. The quantitative estimate of drug-likeness (QED) is 0.355. The van der Waals surface area contributed by atoms with Crippen LogP contribution in [0.25, 0.3) is 27.7 Å². The lowest BCUT2D eigenvalue weighted by molar-refractivity contribution is 0.0835. The number of fused-ring (bicyclic) bond motifs is 2. The minimum atomic E-state index is -0.195. The molecule has 1 aliphatic rings. The molecule has 0 spiro atoms. The minimum absolute atomic E-state index is 0.195. The average molecular weight is 496 g/mol. The van der Waals surface area contributed by atoms with Crippen molar-refractivity contribution in [2.45, 2.75) is 25.7 Å². The summed E-state index contributed by atoms with van der Waals surface area (Å²) in [6, 6.07) is 15.6. The number of carbonyl (C=O) groups excluding carboxylic acids is 1. The normalized spacial score (nSPS) is 14.4. The van der Waals surface area contributed by atoms with Crippen molar-refractivity contribution in [3.05, 3.63) is 78.1 Å². The van der Waals surface area contributed by atoms with E-state index in [0.29, 0.717) is 23.0 Å². The summed E-state index contributed by atoms with van der Waals surface area (Å²) in [7, 11) is 3.50. The van der Waals surface area contributed by atoms with E-state index >= 15 is 0 Å². The molecule has 6 rings (SSSR count). The Morgan fingerprint density at radius 3 is 2.73 bits per heavy atom. The summed E-state index contributed by atoms with van der Waals surface area (Å²) in [4.78, 5) is 22.9. The first kappa shape index (κ1) is 23.2. The molecule has 3 aromatic heterocycles. The van der Waals surface area contributed by atoms with Gasteiger partial charge in [-0.25, -0.2) is 4.98 Å². The molecule has 0 unspecified atom stereocenters. The van der Waals surface area contributed by atoms with Gasteiger partial charge < -0.3 is 19.4 Å². The Hall–Kier alpha value is -4.17. The van der Waals surface area contributed by atoms with E-state index in [2.05, 4.69) is 14.7 Å². The predicted molar refractivity (Wildman–Crippen MR) is 143 cm³/mol. The number of aryl methyl sites for hydroxylation is 2. The molecule has 2 aromatic carbocycles. The number of methoxy groups -OCH3 is 1. The van der Waals surface area contributed by atoms with E-state index in [1.54, 1.807) is 7.11 Å². The maximum absolute atomic E-state index is 13.2. The van der Waals surface area contributed by atoms with E-state index in [1.807, 2.05) is 79.5 Å². The highest BCUT2D eigenvalue weighted by atomic mass is 16.5. The van der Waals surface area contributed by atoms with Crippen molar-refractivity contribution < 1.29 is 14.3 Å². The van der Waals surface area contributed by atoms with Gasteiger partial charge in [0.1, 0.15) is 17.3 Å². The summed E-state index contributed by atoms with van der Waals surface area (Å²) >= 11 is 0. The molecular weight excluding hydrogens is 466 g/mol. The van der Waals surface area contributed by atoms with Crippen LogP contribution in [0.3, 0.4) is 0 Å². The first-order valence-electron chi connectivity index (χ1n) is 12.5. The number of nitrogens with one attached hydrogen (secondary N) is 1. The minimum Gasteiger partial charge on any atom is -0.495 e. The summed E-state index contributed by atoms with van der Waals surface area (Å²) < 4.78 is 15.4. The molecule has 37 heavy (non-hydrogen) atoms. The van der Waals surface area contributed by atoms with Crippen molar-refractivity contribution >= 4 is 28.0 Å². The Kier molecular flexibility index (Phi) is 5.88. The lowest BCUT2D eigenvalue weighted by atomic mass is 9.99. The van der Waals surface area contributed by atoms with Gasteiger partial charge in [-0.3, -0.25) is 14.2 Å². The molecule has 1 fully saturated rings. The number of ether oxygens (including phenoxy) is 2. The molecule has 5 aromatic rings. The summed E-state index contributed by atoms with van der Waals surface area (Å²) in [5, 5.41) is 4.05. The zero-order chi connectivity index (χ0) is 25.5. The van der Waals surface area contributed by atoms with E-state index in [1.165, 1.54) is 0 Å². The first-order chi connectivity index (χ1) is 18.0. The smallest absolute Gasteiger partial charge is 0.272 e. The number of para-hydroxylation sites is 1. The molecule has 8 nitrogen and oxygen atoms in total. The number of imidazole rings is 1. The first-order valence-corrected chi connectivity index (χ1v) is 12.5. The summed E-state index contributed by atoms with van der Waals surface area (Å²) in [6.07, 6.45) is 5.70. The van der Waals surface area contributed by atoms with Crippen LogP contribution in [0, 0.1) is 6.92 Å². The van der Waals surface area contributed by atoms with Crippen molar-refractivity contribution in [1.29, 1.82) is 0 Å². The Labute approximate surface area is 214 Å². The van der Waals surface area contributed by atoms with Gasteiger partial charge in [0.15, 0.2) is 0 Å². The lowest BCUT2D eigenvalue weighted by Gasteiger charge is -2.20. The fourth-order valence-electron chi connectivity index (χ4n) is 5.30. The second-order valence-corrected chi connectivity index (χ2v) is 9.45. The molecule has 4 heterocycles. The van der Waals surface area contributed by atoms with Gasteiger partial charge in [-0.2, -0.15) is 0 Å². The summed E-state index contributed by atoms with van der Waals surface area (Å²) in [6.45, 7) is 3.50. The van der Waals surface area contributed by atoms with Crippen LogP contribution in [0.2, 0.25) is 0 Å². The van der Waals surface area contributed by atoms with E-state index in [-0.39, 0.29) is 5.91 Å². The van der Waals surface area contributed by atoms with Gasteiger partial charge in [-0.1, -0.05) is 24.3 Å². The molecule has 0 atom stereocenters. The summed E-state index contributed by atoms with van der Waals surface area (Å²) in [5.74, 6) is 1.74. The van der Waals surface area contributed by atoms with Crippen LogP contribution in [0.15, 0.2) is 60.9 Å². The number of nitrogens with zero attached hydrogens (tertiary/aromatic N) is 4. The average Bonchev–Trinajstić information content (AvgIpc) is 3.49. The highest BCUT2D eigenvalue weighted by Crippen LogP contribution is 2.36. The van der Waals surface area contributed by atoms with Crippen LogP contribution in [-0.4, -0.2) is 45.2 Å². The van der Waals surface area contributed by atoms with Gasteiger partial charge in [0.2, 0.25) is 0 Å². The van der Waals surface area contributed by atoms with Gasteiger partial charge in [-0.15, -0.1) is 0 Å². The second-order valence-electron chi connectivity index (χ2n) is 9.45. The number of carbonyl (C=O) groups is 1. The van der Waals surface area contributed by atoms with Crippen molar-refractivity contribution in [1.82, 2.24) is 18.9 Å². The number of hydrogen-bond acceptors (Lipinski definition) is 5. The molecule has 0 radical (unpaired) electrons. The maximum atomic E-state index is 13.2. The van der Waals surface area contributed by atoms with Gasteiger partial charge in [0.25, 0.3) is 5.91 Å². The predicted octanol–water partition coefficient (Wildman–Crippen LogP) is 5.35. The summed E-state index contributed by atoms with van der Waals surface area (Å²) in [5.41, 5.74) is 5.85. The molecular formula is C29H29N5O3. The molecule has 0 saturated carbocycles. The standard InChI is InChI=1S/C29H29N5O3/c1-18-27-26(32-28(34(27)13-12-30-18)19-10-14-37-15-11-19)21-8-9-22(25(17-21)36-3)31-29(35)24-16-20-6-4-5-7-23(20)33(24)2/h4-9,12-13,16-17,19H,10-11,14-15H2,1-3H3,(H,31,35). The van der Waals surface area contributed by atoms with Crippen molar-refractivity contribution in [2.24, 2.45) is 7.05 Å². The number of anilines is 1. The van der Waals surface area contributed by atoms with E-state index < -0.39 is 0 Å². The number of rotatable bonds is 5. The third-order valence-electron chi connectivity index (χ3n) is 7.26. The van der Waals surface area contributed by atoms with Crippen LogP contribution < -0.4 is 10.1 Å². The zero-order valence-corrected chi connectivity index (χ0v) is 21.2. The van der Waals surface area contributed by atoms with Crippen LogP contribution in [0.5, 0.6) is 5.75 Å². The Morgan fingerprint density at radius 2 is 1.95 bits per heavy atom. The third-order valence-corrected chi connectivity index (χ3v) is 7.26. The van der Waals surface area contributed by atoms with Crippen molar-refractivity contribution in [2.75, 3.05) is 25.6 Å². The van der Waals surface area contributed by atoms with E-state index in [4.69, 9.17) is 14.5 Å². The second kappa shape index (κ2) is 9.37. The number of aromatic nitrogens is 4. The van der Waals surface area contributed by atoms with E-state index in [0.717, 1.165) is 65.3 Å². The van der Waals surface area contributed by atoms with Crippen LogP contribution in [0.1, 0.15) is 40.8 Å². The fourth-order valence-corrected chi connectivity index (χ4v) is 5.30. The number of hydrogen-bond donors (Lipinski definition) is 1. The number of amides is 1. The molecule has 0 aliphatic carbocycles. The van der Waals surface area contributed by atoms with E-state index in [9.17, 15) is 4.79 Å². The largest absolute Gasteiger partial charge is 0.495 e. The lowest BCUT2D eigenvalue weighted by Crippen LogP contribution is -2.16. The highest BCUT2D eigenvalue weighted by molar-refractivity contribution is 6.07. The zero-order valence-electron chi connectivity index (χ0n) is 21.2. The SMILES string of the molecule is COc1cc(-c2nc(C3CCOCC3)n3ccnc(C)c23)ccc1NC(=O)c1cc2ccccc2n1C. The monoisotopic (exact) mass is 495 g/mol. The van der Waals surface area contributed by atoms with Crippen LogP contribution >= 0.6 is 0 Å². The maximum Gasteiger partial charge on any atom is 0.272 e. The molecule has 1 N–H and O–H groups in total. The molecule has 8 heteroatoms. The fraction of sp³-hybridized carbons (Fsp3) is 0.276. The molecule has 1 aliphatic heterocycles. The van der Waals surface area contributed by atoms with Crippen LogP contribution in [-0.2, 0) is 11.8 Å². The Balaban J connectivity index is 1.37. The van der Waals surface area contributed by atoms with Crippen molar-refractivity contribution in [3.8, 4) is 17.0 Å². The molecule has 1 amide bonds. The van der Waals surface area contributed by atoms with Gasteiger partial charge >= 0.3 is 0 Å². The highest BCUT2D eigenvalue weighted by Gasteiger charge is 2.25. The topological polar surface area (TPSA) is 82.7 Å².